The first-order chi connectivity index (χ1) is 18.8. The third-order valence-electron chi connectivity index (χ3n) is 6.94. The Kier molecular flexibility index (Phi) is 8.49. The third kappa shape index (κ3) is 6.27. The second kappa shape index (κ2) is 11.5. The first-order valence-electron chi connectivity index (χ1n) is 13.1. The van der Waals surface area contributed by atoms with Crippen molar-refractivity contribution in [1.29, 1.82) is 0 Å². The van der Waals surface area contributed by atoms with Crippen molar-refractivity contribution in [1.82, 2.24) is 9.44 Å². The van der Waals surface area contributed by atoms with Crippen LogP contribution < -0.4 is 9.44 Å². The summed E-state index contributed by atoms with van der Waals surface area (Å²) in [5.74, 6) is -0.466. The molecule has 4 aromatic rings. The molecule has 0 saturated heterocycles. The molecular formula is C31H34N2O5S2. The van der Waals surface area contributed by atoms with E-state index in [1.54, 1.807) is 0 Å². The molecule has 9 heteroatoms. The molecule has 0 aliphatic rings. The summed E-state index contributed by atoms with van der Waals surface area (Å²) in [6, 6.07) is 23.4. The van der Waals surface area contributed by atoms with Crippen LogP contribution in [0.2, 0.25) is 0 Å². The van der Waals surface area contributed by atoms with Crippen molar-refractivity contribution in [2.75, 3.05) is 7.05 Å². The lowest BCUT2D eigenvalue weighted by Crippen LogP contribution is -2.32. The SMILES string of the molecule is CNS(=O)(=O)c1ccc(S(=O)(=O)NC(=O)Cc2c(C(C)C)cc(-c3ccc4ccccc4c3)cc2C(C)C)cc1. The lowest BCUT2D eigenvalue weighted by Gasteiger charge is -2.22. The average molecular weight is 579 g/mol. The molecule has 2 N–H and O–H groups in total. The highest BCUT2D eigenvalue weighted by molar-refractivity contribution is 7.90. The van der Waals surface area contributed by atoms with Crippen molar-refractivity contribution in [3.63, 3.8) is 0 Å². The van der Waals surface area contributed by atoms with Gasteiger partial charge in [0.25, 0.3) is 10.0 Å². The summed E-state index contributed by atoms with van der Waals surface area (Å²) in [7, 11) is -6.65. The Morgan fingerprint density at radius 3 is 1.73 bits per heavy atom. The van der Waals surface area contributed by atoms with Crippen molar-refractivity contribution in [3.8, 4) is 11.1 Å². The summed E-state index contributed by atoms with van der Waals surface area (Å²) < 4.78 is 54.2. The fraction of sp³-hybridized carbons (Fsp3) is 0.258. The Morgan fingerprint density at radius 2 is 1.20 bits per heavy atom. The van der Waals surface area contributed by atoms with E-state index in [1.807, 2.05) is 12.1 Å². The van der Waals surface area contributed by atoms with Crippen LogP contribution in [0.15, 0.2) is 88.7 Å². The molecule has 0 atom stereocenters. The van der Waals surface area contributed by atoms with Crippen LogP contribution in [0.1, 0.15) is 56.2 Å². The first kappa shape index (κ1) is 29.5. The maximum Gasteiger partial charge on any atom is 0.264 e. The largest absolute Gasteiger partial charge is 0.274 e. The van der Waals surface area contributed by atoms with Gasteiger partial charge in [0.1, 0.15) is 0 Å². The van der Waals surface area contributed by atoms with E-state index in [1.165, 1.54) is 19.2 Å². The van der Waals surface area contributed by atoms with Gasteiger partial charge in [-0.25, -0.2) is 26.3 Å². The van der Waals surface area contributed by atoms with Gasteiger partial charge in [0.05, 0.1) is 16.2 Å². The van der Waals surface area contributed by atoms with Crippen LogP contribution in [-0.2, 0) is 31.3 Å². The number of benzene rings is 4. The molecule has 4 aromatic carbocycles. The van der Waals surface area contributed by atoms with Gasteiger partial charge in [0.15, 0.2) is 0 Å². The van der Waals surface area contributed by atoms with Gasteiger partial charge in [-0.05, 0) is 87.8 Å². The minimum Gasteiger partial charge on any atom is -0.274 e. The molecule has 4 rings (SSSR count). The maximum atomic E-state index is 13.1. The van der Waals surface area contributed by atoms with E-state index in [0.29, 0.717) is 0 Å². The zero-order chi connectivity index (χ0) is 29.2. The van der Waals surface area contributed by atoms with Gasteiger partial charge in [-0.2, -0.15) is 0 Å². The quantitative estimate of drug-likeness (QED) is 0.264. The van der Waals surface area contributed by atoms with Crippen LogP contribution in [0.3, 0.4) is 0 Å². The molecule has 0 radical (unpaired) electrons. The summed E-state index contributed by atoms with van der Waals surface area (Å²) >= 11 is 0. The van der Waals surface area contributed by atoms with Gasteiger partial charge in [-0.1, -0.05) is 76.2 Å². The van der Waals surface area contributed by atoms with Gasteiger partial charge in [-0.3, -0.25) is 4.79 Å². The number of carbonyl (C=O) groups excluding carboxylic acids is 1. The van der Waals surface area contributed by atoms with E-state index in [0.717, 1.165) is 50.7 Å². The van der Waals surface area contributed by atoms with E-state index in [9.17, 15) is 21.6 Å². The van der Waals surface area contributed by atoms with E-state index >= 15 is 0 Å². The van der Waals surface area contributed by atoms with Crippen molar-refractivity contribution < 1.29 is 21.6 Å². The highest BCUT2D eigenvalue weighted by Crippen LogP contribution is 2.35. The molecule has 7 nitrogen and oxygen atoms in total. The molecule has 0 heterocycles. The van der Waals surface area contributed by atoms with Crippen LogP contribution in [0.25, 0.3) is 21.9 Å². The predicted octanol–water partition coefficient (Wildman–Crippen LogP) is 5.71. The van der Waals surface area contributed by atoms with Crippen molar-refractivity contribution >= 4 is 36.7 Å². The smallest absolute Gasteiger partial charge is 0.264 e. The minimum atomic E-state index is -4.20. The molecule has 0 saturated carbocycles. The lowest BCUT2D eigenvalue weighted by atomic mass is 9.83. The zero-order valence-electron chi connectivity index (χ0n) is 23.2. The highest BCUT2D eigenvalue weighted by Gasteiger charge is 2.23. The Bertz CT molecular complexity index is 1750. The van der Waals surface area contributed by atoms with Gasteiger partial charge in [0, 0.05) is 0 Å². The number of nitrogens with one attached hydrogen (secondary N) is 2. The van der Waals surface area contributed by atoms with Crippen LogP contribution in [-0.4, -0.2) is 29.8 Å². The zero-order valence-corrected chi connectivity index (χ0v) is 24.9. The van der Waals surface area contributed by atoms with Crippen molar-refractivity contribution in [2.45, 2.75) is 55.7 Å². The van der Waals surface area contributed by atoms with E-state index in [4.69, 9.17) is 0 Å². The van der Waals surface area contributed by atoms with Crippen LogP contribution in [0.5, 0.6) is 0 Å². The lowest BCUT2D eigenvalue weighted by molar-refractivity contribution is -0.118. The Morgan fingerprint density at radius 1 is 0.675 bits per heavy atom. The third-order valence-corrected chi connectivity index (χ3v) is 9.76. The summed E-state index contributed by atoms with van der Waals surface area (Å²) in [6.07, 6.45) is -0.107. The summed E-state index contributed by atoms with van der Waals surface area (Å²) in [5, 5.41) is 2.30. The number of rotatable bonds is 9. The normalized spacial score (nSPS) is 12.3. The van der Waals surface area contributed by atoms with Gasteiger partial charge >= 0.3 is 0 Å². The number of amides is 1. The van der Waals surface area contributed by atoms with Crippen LogP contribution in [0, 0.1) is 0 Å². The molecule has 0 fully saturated rings. The predicted molar refractivity (Wildman–Crippen MR) is 159 cm³/mol. The van der Waals surface area contributed by atoms with Crippen LogP contribution >= 0.6 is 0 Å². The Balaban J connectivity index is 1.66. The second-order valence-electron chi connectivity index (χ2n) is 10.4. The van der Waals surface area contributed by atoms with Gasteiger partial charge in [0.2, 0.25) is 15.9 Å². The van der Waals surface area contributed by atoms with Crippen molar-refractivity contribution in [2.24, 2.45) is 0 Å². The molecule has 0 aromatic heterocycles. The summed E-state index contributed by atoms with van der Waals surface area (Å²) in [5.41, 5.74) is 4.92. The van der Waals surface area contributed by atoms with E-state index in [2.05, 4.69) is 79.6 Å². The monoisotopic (exact) mass is 578 g/mol. The summed E-state index contributed by atoms with van der Waals surface area (Å²) in [4.78, 5) is 12.9. The maximum absolute atomic E-state index is 13.1. The molecule has 0 unspecified atom stereocenters. The van der Waals surface area contributed by atoms with E-state index in [-0.39, 0.29) is 28.0 Å². The molecule has 0 aliphatic heterocycles. The average Bonchev–Trinajstić information content (AvgIpc) is 2.92. The number of hydrogen-bond acceptors (Lipinski definition) is 5. The Labute approximate surface area is 236 Å². The molecule has 1 amide bonds. The molecule has 0 spiro atoms. The summed E-state index contributed by atoms with van der Waals surface area (Å²) in [6.45, 7) is 8.23. The number of hydrogen-bond donors (Lipinski definition) is 2. The molecule has 0 bridgehead atoms. The molecule has 40 heavy (non-hydrogen) atoms. The first-order valence-corrected chi connectivity index (χ1v) is 16.0. The number of carbonyl (C=O) groups is 1. The fourth-order valence-corrected chi connectivity index (χ4v) is 6.52. The van der Waals surface area contributed by atoms with Gasteiger partial charge < -0.3 is 0 Å². The highest BCUT2D eigenvalue weighted by atomic mass is 32.2. The topological polar surface area (TPSA) is 109 Å². The van der Waals surface area contributed by atoms with E-state index < -0.39 is 26.0 Å². The fourth-order valence-electron chi connectivity index (χ4n) is 4.81. The second-order valence-corrected chi connectivity index (χ2v) is 14.0. The van der Waals surface area contributed by atoms with Gasteiger partial charge in [-0.15, -0.1) is 0 Å². The Hall–Kier alpha value is -3.53. The molecule has 0 aliphatic carbocycles. The molecular weight excluding hydrogens is 544 g/mol. The van der Waals surface area contributed by atoms with Crippen LogP contribution in [0.4, 0.5) is 0 Å². The molecule has 210 valence electrons. The standard InChI is InChI=1S/C31H34N2O5S2/c1-20(2)28-17-25(24-11-10-22-8-6-7-9-23(22)16-24)18-29(21(3)4)30(28)19-31(34)33-40(37,38)27-14-12-26(13-15-27)39(35,36)32-5/h6-18,20-21,32H,19H2,1-5H3,(H,33,34). The minimum absolute atomic E-state index is 0.0741. The number of sulfonamides is 2. The van der Waals surface area contributed by atoms with Crippen molar-refractivity contribution in [3.05, 3.63) is 95.6 Å². The number of fused-ring (bicyclic) bond motifs is 1.